The van der Waals surface area contributed by atoms with E-state index in [2.05, 4.69) is 5.32 Å². The zero-order chi connectivity index (χ0) is 28.6. The SMILES string of the molecule is CC(C)Nc1cc(-c2ccc(OCCN(C[C@H](O)c3ccccc3)C(=O)O)cc2)ccc1C(=O)NS(C)(=O)=O. The van der Waals surface area contributed by atoms with Crippen LogP contribution in [0.2, 0.25) is 0 Å². The number of hydrogen-bond acceptors (Lipinski definition) is 7. The lowest BCUT2D eigenvalue weighted by Gasteiger charge is -2.22. The van der Waals surface area contributed by atoms with Gasteiger partial charge in [0.1, 0.15) is 12.4 Å². The number of anilines is 1. The predicted octanol–water partition coefficient (Wildman–Crippen LogP) is 3.96. The van der Waals surface area contributed by atoms with Gasteiger partial charge < -0.3 is 25.2 Å². The van der Waals surface area contributed by atoms with Crippen LogP contribution in [0, 0.1) is 0 Å². The van der Waals surface area contributed by atoms with Crippen LogP contribution < -0.4 is 14.8 Å². The van der Waals surface area contributed by atoms with Gasteiger partial charge in [-0.05, 0) is 54.8 Å². The summed E-state index contributed by atoms with van der Waals surface area (Å²) in [7, 11) is -3.71. The Morgan fingerprint density at radius 3 is 2.21 bits per heavy atom. The van der Waals surface area contributed by atoms with Crippen molar-refractivity contribution in [3.8, 4) is 16.9 Å². The van der Waals surface area contributed by atoms with Crippen LogP contribution in [0.1, 0.15) is 35.9 Å². The van der Waals surface area contributed by atoms with Crippen molar-refractivity contribution in [3.63, 3.8) is 0 Å². The standard InChI is InChI=1S/C28H33N3O7S/c1-19(2)29-25-17-22(11-14-24(25)27(33)30-39(3,36)37)20-9-12-23(13-10-20)38-16-15-31(28(34)35)18-26(32)21-7-5-4-6-8-21/h4-14,17,19,26,29,32H,15-16,18H2,1-3H3,(H,30,33)(H,34,35)/t26-/m0/s1. The van der Waals surface area contributed by atoms with Crippen molar-refractivity contribution in [1.29, 1.82) is 0 Å². The quantitative estimate of drug-likeness (QED) is 0.263. The Bertz CT molecular complexity index is 1380. The summed E-state index contributed by atoms with van der Waals surface area (Å²) in [5.41, 5.74) is 2.97. The van der Waals surface area contributed by atoms with Crippen molar-refractivity contribution in [2.45, 2.75) is 26.0 Å². The molecule has 2 amide bonds. The molecular weight excluding hydrogens is 522 g/mol. The van der Waals surface area contributed by atoms with E-state index in [0.29, 0.717) is 17.0 Å². The summed E-state index contributed by atoms with van der Waals surface area (Å²) in [6.07, 6.45) is -1.17. The van der Waals surface area contributed by atoms with E-state index in [1.54, 1.807) is 54.6 Å². The third-order valence-electron chi connectivity index (χ3n) is 5.65. The normalized spacial score (nSPS) is 12.0. The zero-order valence-electron chi connectivity index (χ0n) is 22.0. The van der Waals surface area contributed by atoms with Crippen molar-refractivity contribution < 1.29 is 33.0 Å². The molecular formula is C28H33N3O7S. The number of aliphatic hydroxyl groups excluding tert-OH is 1. The molecule has 208 valence electrons. The number of carbonyl (C=O) groups excluding carboxylic acids is 1. The Labute approximate surface area is 228 Å². The minimum Gasteiger partial charge on any atom is -0.492 e. The van der Waals surface area contributed by atoms with Crippen LogP contribution in [0.4, 0.5) is 10.5 Å². The number of hydrogen-bond donors (Lipinski definition) is 4. The van der Waals surface area contributed by atoms with Gasteiger partial charge in [-0.15, -0.1) is 0 Å². The summed E-state index contributed by atoms with van der Waals surface area (Å²) in [5.74, 6) is -0.181. The first-order chi connectivity index (χ1) is 18.4. The fraction of sp³-hybridized carbons (Fsp3) is 0.286. The lowest BCUT2D eigenvalue weighted by Crippen LogP contribution is -2.36. The molecule has 1 atom stereocenters. The van der Waals surface area contributed by atoms with E-state index >= 15 is 0 Å². The summed E-state index contributed by atoms with van der Waals surface area (Å²) in [4.78, 5) is 25.2. The highest BCUT2D eigenvalue weighted by atomic mass is 32.2. The first-order valence-electron chi connectivity index (χ1n) is 12.3. The molecule has 0 fully saturated rings. The summed E-state index contributed by atoms with van der Waals surface area (Å²) in [5, 5.41) is 23.1. The van der Waals surface area contributed by atoms with Gasteiger partial charge in [0.25, 0.3) is 5.91 Å². The topological polar surface area (TPSA) is 145 Å². The maximum atomic E-state index is 12.5. The van der Waals surface area contributed by atoms with Gasteiger partial charge in [0.15, 0.2) is 0 Å². The van der Waals surface area contributed by atoms with Crippen molar-refractivity contribution in [2.75, 3.05) is 31.3 Å². The smallest absolute Gasteiger partial charge is 0.407 e. The second-order valence-electron chi connectivity index (χ2n) is 9.29. The van der Waals surface area contributed by atoms with E-state index in [1.165, 1.54) is 0 Å². The molecule has 10 nitrogen and oxygen atoms in total. The molecule has 4 N–H and O–H groups in total. The van der Waals surface area contributed by atoms with Crippen LogP contribution >= 0.6 is 0 Å². The maximum Gasteiger partial charge on any atom is 0.407 e. The fourth-order valence-electron chi connectivity index (χ4n) is 3.85. The molecule has 0 saturated heterocycles. The predicted molar refractivity (Wildman–Crippen MR) is 149 cm³/mol. The Balaban J connectivity index is 1.65. The van der Waals surface area contributed by atoms with Gasteiger partial charge >= 0.3 is 6.09 Å². The minimum atomic E-state index is -3.71. The molecule has 0 unspecified atom stereocenters. The third-order valence-corrected chi connectivity index (χ3v) is 6.21. The van der Waals surface area contributed by atoms with Crippen molar-refractivity contribution >= 4 is 27.7 Å². The van der Waals surface area contributed by atoms with E-state index in [1.807, 2.05) is 36.8 Å². The van der Waals surface area contributed by atoms with E-state index < -0.39 is 28.1 Å². The number of nitrogens with zero attached hydrogens (tertiary/aromatic N) is 1. The van der Waals surface area contributed by atoms with Crippen LogP contribution in [0.5, 0.6) is 5.75 Å². The van der Waals surface area contributed by atoms with Crippen LogP contribution in [0.25, 0.3) is 11.1 Å². The van der Waals surface area contributed by atoms with Gasteiger partial charge in [0.2, 0.25) is 10.0 Å². The molecule has 0 aliphatic rings. The van der Waals surface area contributed by atoms with Gasteiger partial charge in [0, 0.05) is 11.7 Å². The Hall–Kier alpha value is -4.09. The van der Waals surface area contributed by atoms with Crippen LogP contribution in [-0.4, -0.2) is 67.5 Å². The van der Waals surface area contributed by atoms with Gasteiger partial charge in [-0.25, -0.2) is 17.9 Å². The average Bonchev–Trinajstić information content (AvgIpc) is 2.87. The van der Waals surface area contributed by atoms with E-state index in [0.717, 1.165) is 22.3 Å². The first kappa shape index (κ1) is 29.5. The number of ether oxygens (including phenoxy) is 1. The minimum absolute atomic E-state index is 0.0000157. The van der Waals surface area contributed by atoms with Gasteiger partial charge in [-0.3, -0.25) is 4.79 Å². The average molecular weight is 556 g/mol. The maximum absolute atomic E-state index is 12.5. The largest absolute Gasteiger partial charge is 0.492 e. The first-order valence-corrected chi connectivity index (χ1v) is 14.2. The van der Waals surface area contributed by atoms with E-state index in [9.17, 15) is 28.2 Å². The fourth-order valence-corrected chi connectivity index (χ4v) is 4.29. The Morgan fingerprint density at radius 1 is 0.974 bits per heavy atom. The van der Waals surface area contributed by atoms with E-state index in [-0.39, 0.29) is 31.3 Å². The number of carbonyl (C=O) groups is 2. The third kappa shape index (κ3) is 9.01. The number of carboxylic acid groups (broad SMARTS) is 1. The van der Waals surface area contributed by atoms with Crippen molar-refractivity contribution in [3.05, 3.63) is 83.9 Å². The molecule has 0 heterocycles. The van der Waals surface area contributed by atoms with Crippen LogP contribution in [0.3, 0.4) is 0 Å². The second kappa shape index (κ2) is 13.1. The van der Waals surface area contributed by atoms with E-state index in [4.69, 9.17) is 4.74 Å². The lowest BCUT2D eigenvalue weighted by molar-refractivity contribution is 0.0894. The second-order valence-corrected chi connectivity index (χ2v) is 11.0. The highest BCUT2D eigenvalue weighted by Crippen LogP contribution is 2.28. The molecule has 3 rings (SSSR count). The molecule has 0 aliphatic carbocycles. The molecule has 0 saturated carbocycles. The number of aliphatic hydroxyl groups is 1. The van der Waals surface area contributed by atoms with Crippen molar-refractivity contribution in [2.24, 2.45) is 0 Å². The van der Waals surface area contributed by atoms with Gasteiger partial charge in [-0.2, -0.15) is 0 Å². The highest BCUT2D eigenvalue weighted by molar-refractivity contribution is 7.89. The van der Waals surface area contributed by atoms with Gasteiger partial charge in [0.05, 0.1) is 31.0 Å². The highest BCUT2D eigenvalue weighted by Gasteiger charge is 2.19. The van der Waals surface area contributed by atoms with Gasteiger partial charge in [-0.1, -0.05) is 48.5 Å². The summed E-state index contributed by atoms with van der Waals surface area (Å²) in [6.45, 7) is 3.91. The molecule has 3 aromatic carbocycles. The molecule has 0 aromatic heterocycles. The Morgan fingerprint density at radius 2 is 1.62 bits per heavy atom. The van der Waals surface area contributed by atoms with Crippen LogP contribution in [-0.2, 0) is 10.0 Å². The molecule has 0 spiro atoms. The summed E-state index contributed by atoms with van der Waals surface area (Å²) >= 11 is 0. The zero-order valence-corrected chi connectivity index (χ0v) is 22.8. The van der Waals surface area contributed by atoms with Crippen molar-refractivity contribution in [1.82, 2.24) is 9.62 Å². The molecule has 3 aromatic rings. The number of sulfonamides is 1. The monoisotopic (exact) mass is 555 g/mol. The number of nitrogens with one attached hydrogen (secondary N) is 2. The Kier molecular flexibility index (Phi) is 9.91. The number of rotatable bonds is 12. The number of benzene rings is 3. The van der Waals surface area contributed by atoms with Crippen LogP contribution in [0.15, 0.2) is 72.8 Å². The molecule has 11 heteroatoms. The molecule has 0 radical (unpaired) electrons. The molecule has 0 bridgehead atoms. The lowest BCUT2D eigenvalue weighted by atomic mass is 10.0. The molecule has 0 aliphatic heterocycles. The number of amides is 2. The summed E-state index contributed by atoms with van der Waals surface area (Å²) < 4.78 is 30.7. The summed E-state index contributed by atoms with van der Waals surface area (Å²) in [6, 6.07) is 21.1. The molecule has 39 heavy (non-hydrogen) atoms.